The number of carbonyl (C=O) groups excluding carboxylic acids is 3. The van der Waals surface area contributed by atoms with Gasteiger partial charge in [0.2, 0.25) is 0 Å². The van der Waals surface area contributed by atoms with Crippen molar-refractivity contribution in [3.05, 3.63) is 0 Å². The van der Waals surface area contributed by atoms with Gasteiger partial charge >= 0.3 is 17.9 Å². The van der Waals surface area contributed by atoms with E-state index in [0.717, 1.165) is 0 Å². The lowest BCUT2D eigenvalue weighted by Crippen LogP contribution is -2.40. The average molecular weight is 242 g/mol. The molecule has 0 spiro atoms. The maximum absolute atomic E-state index is 11.8. The minimum absolute atomic E-state index is 0.0966. The van der Waals surface area contributed by atoms with Crippen LogP contribution in [0.4, 0.5) is 0 Å². The molecule has 0 N–H and O–H groups in total. The Kier molecular flexibility index (Phi) is 2.81. The molecule has 0 aromatic carbocycles. The van der Waals surface area contributed by atoms with Crippen LogP contribution in [-0.4, -0.2) is 38.7 Å². The van der Waals surface area contributed by atoms with Gasteiger partial charge in [-0.2, -0.15) is 0 Å². The first-order valence-electron chi connectivity index (χ1n) is 5.38. The summed E-state index contributed by atoms with van der Waals surface area (Å²) in [6.07, 6.45) is 0.374. The number of rotatable bonds is 2. The van der Waals surface area contributed by atoms with Crippen LogP contribution in [0.3, 0.4) is 0 Å². The molecule has 1 saturated heterocycles. The Bertz CT molecular complexity index is 358. The van der Waals surface area contributed by atoms with Crippen molar-refractivity contribution in [3.8, 4) is 0 Å². The van der Waals surface area contributed by atoms with E-state index in [-0.39, 0.29) is 31.3 Å². The van der Waals surface area contributed by atoms with Gasteiger partial charge in [-0.3, -0.25) is 14.4 Å². The third kappa shape index (κ3) is 1.59. The molecule has 1 saturated carbocycles. The number of carbonyl (C=O) groups is 3. The zero-order valence-corrected chi connectivity index (χ0v) is 9.73. The fourth-order valence-corrected chi connectivity index (χ4v) is 2.77. The molecule has 1 aliphatic carbocycles. The van der Waals surface area contributed by atoms with E-state index in [9.17, 15) is 14.4 Å². The third-order valence-corrected chi connectivity index (χ3v) is 3.64. The van der Waals surface area contributed by atoms with Crippen molar-refractivity contribution < 1.29 is 28.6 Å². The lowest BCUT2D eigenvalue weighted by Gasteiger charge is -2.23. The summed E-state index contributed by atoms with van der Waals surface area (Å²) < 4.78 is 14.2. The van der Waals surface area contributed by atoms with Gasteiger partial charge in [-0.05, 0) is 12.8 Å². The molecule has 1 aliphatic heterocycles. The smallest absolute Gasteiger partial charge is 0.323 e. The topological polar surface area (TPSA) is 78.9 Å². The molecule has 6 nitrogen and oxygen atoms in total. The number of esters is 3. The van der Waals surface area contributed by atoms with E-state index in [4.69, 9.17) is 4.74 Å². The highest BCUT2D eigenvalue weighted by atomic mass is 16.6. The summed E-state index contributed by atoms with van der Waals surface area (Å²) in [7, 11) is 2.44. The maximum Gasteiger partial charge on any atom is 0.323 e. The largest absolute Gasteiger partial charge is 0.468 e. The fraction of sp³-hybridized carbons (Fsp3) is 0.727. The second-order valence-corrected chi connectivity index (χ2v) is 4.47. The molecule has 0 unspecified atom stereocenters. The van der Waals surface area contributed by atoms with Crippen LogP contribution in [0, 0.1) is 17.3 Å². The van der Waals surface area contributed by atoms with Gasteiger partial charge in [-0.25, -0.2) is 0 Å². The van der Waals surface area contributed by atoms with Gasteiger partial charge in [-0.15, -0.1) is 0 Å². The molecule has 2 rings (SSSR count). The molecule has 2 aliphatic rings. The highest BCUT2D eigenvalue weighted by Crippen LogP contribution is 2.50. The summed E-state index contributed by atoms with van der Waals surface area (Å²) >= 11 is 0. The van der Waals surface area contributed by atoms with E-state index in [1.54, 1.807) is 0 Å². The molecule has 0 aromatic heterocycles. The summed E-state index contributed by atoms with van der Waals surface area (Å²) in [5, 5.41) is 0. The molecule has 94 valence electrons. The van der Waals surface area contributed by atoms with E-state index in [1.807, 2.05) is 0 Å². The van der Waals surface area contributed by atoms with E-state index < -0.39 is 23.3 Å². The predicted octanol–water partition coefficient (Wildman–Crippen LogP) is -0.0982. The second kappa shape index (κ2) is 4.01. The number of methoxy groups -OCH3 is 2. The molecule has 1 heterocycles. The van der Waals surface area contributed by atoms with Gasteiger partial charge in [-0.1, -0.05) is 0 Å². The molecule has 6 heteroatoms. The summed E-state index contributed by atoms with van der Waals surface area (Å²) in [5.41, 5.74) is -1.34. The minimum atomic E-state index is -1.34. The highest BCUT2D eigenvalue weighted by molar-refractivity contribution is 6.01. The number of fused-ring (bicyclic) bond motifs is 1. The molecule has 0 aromatic rings. The average Bonchev–Trinajstić information content (AvgIpc) is 2.88. The zero-order valence-electron chi connectivity index (χ0n) is 9.73. The maximum atomic E-state index is 11.8. The summed E-state index contributed by atoms with van der Waals surface area (Å²) in [6.45, 7) is 0.263. The van der Waals surface area contributed by atoms with Crippen molar-refractivity contribution in [2.24, 2.45) is 17.3 Å². The van der Waals surface area contributed by atoms with Crippen LogP contribution in [0.25, 0.3) is 0 Å². The zero-order chi connectivity index (χ0) is 12.6. The second-order valence-electron chi connectivity index (χ2n) is 4.47. The van der Waals surface area contributed by atoms with Crippen molar-refractivity contribution in [1.29, 1.82) is 0 Å². The molecule has 17 heavy (non-hydrogen) atoms. The van der Waals surface area contributed by atoms with E-state index in [2.05, 4.69) is 9.47 Å². The van der Waals surface area contributed by atoms with Crippen LogP contribution in [0.1, 0.15) is 12.8 Å². The van der Waals surface area contributed by atoms with Gasteiger partial charge in [0.15, 0.2) is 5.41 Å². The van der Waals surface area contributed by atoms with Gasteiger partial charge in [0.05, 0.1) is 26.7 Å². The van der Waals surface area contributed by atoms with Crippen LogP contribution in [0.2, 0.25) is 0 Å². The summed E-state index contributed by atoms with van der Waals surface area (Å²) in [4.78, 5) is 35.0. The normalized spacial score (nSPS) is 29.4. The molecule has 2 fully saturated rings. The standard InChI is InChI=1S/C11H14O6/c1-15-9(13)11(10(14)16-2)3-6-5-17-8(12)7(6)4-11/h6-7H,3-5H2,1-2H3/t6-,7-/m1/s1. The van der Waals surface area contributed by atoms with Gasteiger partial charge in [0, 0.05) is 5.92 Å². The Balaban J connectivity index is 2.29. The SMILES string of the molecule is COC(=O)C1(C(=O)OC)C[C@@H]2COC(=O)[C@@H]2C1. The van der Waals surface area contributed by atoms with E-state index >= 15 is 0 Å². The van der Waals surface area contributed by atoms with Gasteiger partial charge in [0.1, 0.15) is 0 Å². The van der Waals surface area contributed by atoms with Crippen LogP contribution in [0.15, 0.2) is 0 Å². The first kappa shape index (κ1) is 11.9. The van der Waals surface area contributed by atoms with Crippen molar-refractivity contribution in [1.82, 2.24) is 0 Å². The molecule has 0 radical (unpaired) electrons. The number of hydrogen-bond acceptors (Lipinski definition) is 6. The fourth-order valence-electron chi connectivity index (χ4n) is 2.77. The first-order chi connectivity index (χ1) is 8.05. The van der Waals surface area contributed by atoms with E-state index in [0.29, 0.717) is 0 Å². The minimum Gasteiger partial charge on any atom is -0.468 e. The monoisotopic (exact) mass is 242 g/mol. The quantitative estimate of drug-likeness (QED) is 0.382. The Morgan fingerprint density at radius 1 is 1.24 bits per heavy atom. The van der Waals surface area contributed by atoms with Gasteiger partial charge < -0.3 is 14.2 Å². The third-order valence-electron chi connectivity index (χ3n) is 3.64. The molecule has 2 atom stereocenters. The van der Waals surface area contributed by atoms with Crippen molar-refractivity contribution >= 4 is 17.9 Å². The number of hydrogen-bond donors (Lipinski definition) is 0. The van der Waals surface area contributed by atoms with Crippen molar-refractivity contribution in [2.45, 2.75) is 12.8 Å². The Hall–Kier alpha value is -1.59. The van der Waals surface area contributed by atoms with Crippen LogP contribution in [0.5, 0.6) is 0 Å². The predicted molar refractivity (Wildman–Crippen MR) is 53.6 cm³/mol. The Morgan fingerprint density at radius 3 is 2.29 bits per heavy atom. The number of cyclic esters (lactones) is 1. The molecule has 0 amide bonds. The van der Waals surface area contributed by atoms with Crippen LogP contribution < -0.4 is 0 Å². The molecule has 0 bridgehead atoms. The Morgan fingerprint density at radius 2 is 1.82 bits per heavy atom. The Labute approximate surface area is 98.2 Å². The van der Waals surface area contributed by atoms with Crippen molar-refractivity contribution in [3.63, 3.8) is 0 Å². The summed E-state index contributed by atoms with van der Waals surface area (Å²) in [5.74, 6) is -2.10. The van der Waals surface area contributed by atoms with Crippen LogP contribution >= 0.6 is 0 Å². The highest BCUT2D eigenvalue weighted by Gasteiger charge is 2.61. The molecular weight excluding hydrogens is 228 g/mol. The first-order valence-corrected chi connectivity index (χ1v) is 5.38. The lowest BCUT2D eigenvalue weighted by molar-refractivity contribution is -0.169. The lowest BCUT2D eigenvalue weighted by atomic mass is 9.84. The van der Waals surface area contributed by atoms with Crippen molar-refractivity contribution in [2.75, 3.05) is 20.8 Å². The van der Waals surface area contributed by atoms with E-state index in [1.165, 1.54) is 14.2 Å². The van der Waals surface area contributed by atoms with Gasteiger partial charge in [0.25, 0.3) is 0 Å². The number of ether oxygens (including phenoxy) is 3. The van der Waals surface area contributed by atoms with Crippen LogP contribution in [-0.2, 0) is 28.6 Å². The molecular formula is C11H14O6. The summed E-state index contributed by atoms with van der Waals surface area (Å²) in [6, 6.07) is 0.